The van der Waals surface area contributed by atoms with Gasteiger partial charge in [-0.3, -0.25) is 4.79 Å². The van der Waals surface area contributed by atoms with Crippen molar-refractivity contribution in [1.29, 1.82) is 0 Å². The number of pyridine rings is 1. The van der Waals surface area contributed by atoms with E-state index >= 15 is 0 Å². The van der Waals surface area contributed by atoms with Gasteiger partial charge in [0.15, 0.2) is 0 Å². The Morgan fingerprint density at radius 1 is 0.926 bits per heavy atom. The fourth-order valence-corrected chi connectivity index (χ4v) is 3.53. The molecule has 1 heterocycles. The van der Waals surface area contributed by atoms with Crippen LogP contribution in [0.25, 0.3) is 22.0 Å². The Morgan fingerprint density at radius 3 is 2.30 bits per heavy atom. The van der Waals surface area contributed by atoms with Crippen LogP contribution in [0.2, 0.25) is 5.02 Å². The van der Waals surface area contributed by atoms with Gasteiger partial charge in [-0.15, -0.1) is 0 Å². The van der Waals surface area contributed by atoms with Crippen molar-refractivity contribution < 1.29 is 5.11 Å². The first-order valence-corrected chi connectivity index (χ1v) is 9.07. The lowest BCUT2D eigenvalue weighted by atomic mass is 9.99. The van der Waals surface area contributed by atoms with Gasteiger partial charge in [-0.05, 0) is 34.9 Å². The van der Waals surface area contributed by atoms with E-state index < -0.39 is 0 Å². The molecule has 0 saturated heterocycles. The molecule has 0 saturated carbocycles. The first kappa shape index (κ1) is 17.4. The Hall–Kier alpha value is -3.04. The minimum absolute atomic E-state index is 0.0249. The van der Waals surface area contributed by atoms with Gasteiger partial charge in [-0.2, -0.15) is 0 Å². The van der Waals surface area contributed by atoms with Gasteiger partial charge in [-0.25, -0.2) is 0 Å². The maximum atomic E-state index is 12.8. The Bertz CT molecular complexity index is 1180. The summed E-state index contributed by atoms with van der Waals surface area (Å²) in [5.74, 6) is 0.0249. The topological polar surface area (TPSA) is 42.2 Å². The van der Waals surface area contributed by atoms with Crippen LogP contribution in [0.1, 0.15) is 11.1 Å². The van der Waals surface area contributed by atoms with Gasteiger partial charge in [0, 0.05) is 23.9 Å². The first-order valence-electron chi connectivity index (χ1n) is 8.69. The van der Waals surface area contributed by atoms with Crippen molar-refractivity contribution in [3.63, 3.8) is 0 Å². The molecule has 0 bridgehead atoms. The number of rotatable bonds is 3. The van der Waals surface area contributed by atoms with Crippen LogP contribution in [0.4, 0.5) is 0 Å². The molecule has 0 amide bonds. The molecule has 0 aliphatic heterocycles. The minimum atomic E-state index is -0.214. The highest BCUT2D eigenvalue weighted by Gasteiger charge is 2.15. The number of benzene rings is 3. The average molecular weight is 376 g/mol. The number of aromatic nitrogens is 1. The standard InChI is InChI=1S/C23H18ClNO2/c1-25-21-14-18(24)11-12-19(21)22(26)20(23(25)27)13-15-7-9-17(10-8-15)16-5-3-2-4-6-16/h2-12,14,26H,13H2,1H3. The lowest BCUT2D eigenvalue weighted by Crippen LogP contribution is -2.22. The summed E-state index contributed by atoms with van der Waals surface area (Å²) >= 11 is 6.03. The Morgan fingerprint density at radius 2 is 1.59 bits per heavy atom. The molecule has 4 aromatic rings. The summed E-state index contributed by atoms with van der Waals surface area (Å²) in [5.41, 5.74) is 4.02. The van der Waals surface area contributed by atoms with Crippen LogP contribution in [0.15, 0.2) is 77.6 Å². The fraction of sp³-hybridized carbons (Fsp3) is 0.0870. The summed E-state index contributed by atoms with van der Waals surface area (Å²) in [7, 11) is 1.70. The number of halogens is 1. The van der Waals surface area contributed by atoms with Gasteiger partial charge >= 0.3 is 0 Å². The minimum Gasteiger partial charge on any atom is -0.507 e. The van der Waals surface area contributed by atoms with Gasteiger partial charge in [0.05, 0.1) is 11.1 Å². The van der Waals surface area contributed by atoms with Crippen molar-refractivity contribution in [1.82, 2.24) is 4.57 Å². The van der Waals surface area contributed by atoms with Crippen molar-refractivity contribution >= 4 is 22.5 Å². The summed E-state index contributed by atoms with van der Waals surface area (Å²) in [6.07, 6.45) is 0.367. The average Bonchev–Trinajstić information content (AvgIpc) is 2.70. The number of hydrogen-bond acceptors (Lipinski definition) is 2. The molecule has 0 spiro atoms. The third kappa shape index (κ3) is 3.22. The van der Waals surface area contributed by atoms with E-state index in [2.05, 4.69) is 12.1 Å². The molecule has 4 rings (SSSR count). The smallest absolute Gasteiger partial charge is 0.258 e. The molecule has 3 nitrogen and oxygen atoms in total. The fourth-order valence-electron chi connectivity index (χ4n) is 3.37. The second kappa shape index (κ2) is 6.93. The van der Waals surface area contributed by atoms with E-state index in [1.54, 1.807) is 25.2 Å². The third-order valence-corrected chi connectivity index (χ3v) is 5.10. The van der Waals surface area contributed by atoms with Crippen LogP contribution in [0, 0.1) is 0 Å². The quantitative estimate of drug-likeness (QED) is 0.537. The van der Waals surface area contributed by atoms with Gasteiger partial charge in [0.25, 0.3) is 5.56 Å². The molecule has 4 heteroatoms. The van der Waals surface area contributed by atoms with E-state index in [1.807, 2.05) is 42.5 Å². The SMILES string of the molecule is Cn1c(=O)c(Cc2ccc(-c3ccccc3)cc2)c(O)c2ccc(Cl)cc21. The lowest BCUT2D eigenvalue weighted by molar-refractivity contribution is 0.473. The van der Waals surface area contributed by atoms with Crippen LogP contribution in [-0.4, -0.2) is 9.67 Å². The van der Waals surface area contributed by atoms with Crippen LogP contribution in [-0.2, 0) is 13.5 Å². The van der Waals surface area contributed by atoms with Gasteiger partial charge in [-0.1, -0.05) is 66.2 Å². The highest BCUT2D eigenvalue weighted by molar-refractivity contribution is 6.31. The number of aromatic hydroxyl groups is 1. The van der Waals surface area contributed by atoms with Crippen LogP contribution < -0.4 is 5.56 Å². The Kier molecular flexibility index (Phi) is 4.46. The number of hydrogen-bond donors (Lipinski definition) is 1. The number of aryl methyl sites for hydroxylation is 1. The van der Waals surface area contributed by atoms with E-state index in [1.165, 1.54) is 4.57 Å². The van der Waals surface area contributed by atoms with Gasteiger partial charge in [0.2, 0.25) is 0 Å². The van der Waals surface area contributed by atoms with Crippen LogP contribution in [0.3, 0.4) is 0 Å². The van der Waals surface area contributed by atoms with Crippen molar-refractivity contribution in [3.05, 3.63) is 99.3 Å². The van der Waals surface area contributed by atoms with Crippen molar-refractivity contribution in [3.8, 4) is 16.9 Å². The molecule has 27 heavy (non-hydrogen) atoms. The van der Waals surface area contributed by atoms with Crippen molar-refractivity contribution in [2.75, 3.05) is 0 Å². The number of nitrogens with zero attached hydrogens (tertiary/aromatic N) is 1. The van der Waals surface area contributed by atoms with Crippen LogP contribution in [0.5, 0.6) is 5.75 Å². The molecule has 0 fully saturated rings. The largest absolute Gasteiger partial charge is 0.507 e. The van der Waals surface area contributed by atoms with E-state index in [-0.39, 0.29) is 11.3 Å². The predicted molar refractivity (Wildman–Crippen MR) is 111 cm³/mol. The molecule has 0 unspecified atom stereocenters. The molecule has 1 N–H and O–H groups in total. The van der Waals surface area contributed by atoms with Gasteiger partial charge < -0.3 is 9.67 Å². The lowest BCUT2D eigenvalue weighted by Gasteiger charge is -2.12. The number of fused-ring (bicyclic) bond motifs is 1. The zero-order chi connectivity index (χ0) is 19.0. The first-order chi connectivity index (χ1) is 13.0. The molecule has 0 aliphatic carbocycles. The molecule has 0 aliphatic rings. The molecule has 3 aromatic carbocycles. The molecule has 134 valence electrons. The van der Waals surface area contributed by atoms with Crippen molar-refractivity contribution in [2.24, 2.45) is 7.05 Å². The molecular weight excluding hydrogens is 358 g/mol. The van der Waals surface area contributed by atoms with Crippen LogP contribution >= 0.6 is 11.6 Å². The second-order valence-corrected chi connectivity index (χ2v) is 7.03. The van der Waals surface area contributed by atoms with E-state index in [0.29, 0.717) is 27.9 Å². The zero-order valence-electron chi connectivity index (χ0n) is 14.8. The normalized spacial score (nSPS) is 11.0. The van der Waals surface area contributed by atoms with E-state index in [4.69, 9.17) is 11.6 Å². The highest BCUT2D eigenvalue weighted by atomic mass is 35.5. The maximum absolute atomic E-state index is 12.8. The van der Waals surface area contributed by atoms with E-state index in [0.717, 1.165) is 16.7 Å². The summed E-state index contributed by atoms with van der Waals surface area (Å²) < 4.78 is 1.54. The monoisotopic (exact) mass is 375 g/mol. The summed E-state index contributed by atoms with van der Waals surface area (Å²) in [6.45, 7) is 0. The Balaban J connectivity index is 1.74. The summed E-state index contributed by atoms with van der Waals surface area (Å²) in [5, 5.41) is 11.8. The molecule has 0 radical (unpaired) electrons. The van der Waals surface area contributed by atoms with Crippen molar-refractivity contribution in [2.45, 2.75) is 6.42 Å². The predicted octanol–water partition coefficient (Wildman–Crippen LogP) is 5.16. The Labute approximate surface area is 162 Å². The summed E-state index contributed by atoms with van der Waals surface area (Å²) in [6, 6.07) is 23.3. The summed E-state index contributed by atoms with van der Waals surface area (Å²) in [4.78, 5) is 12.8. The van der Waals surface area contributed by atoms with Gasteiger partial charge in [0.1, 0.15) is 5.75 Å². The second-order valence-electron chi connectivity index (χ2n) is 6.59. The zero-order valence-corrected chi connectivity index (χ0v) is 15.6. The molecular formula is C23H18ClNO2. The maximum Gasteiger partial charge on any atom is 0.258 e. The third-order valence-electron chi connectivity index (χ3n) is 4.87. The van der Waals surface area contributed by atoms with E-state index in [9.17, 15) is 9.90 Å². The highest BCUT2D eigenvalue weighted by Crippen LogP contribution is 2.29. The molecule has 1 aromatic heterocycles. The molecule has 0 atom stereocenters.